The number of nitrogens with one attached hydrogen (secondary N) is 1. The number of pyridine rings is 1. The van der Waals surface area contributed by atoms with Gasteiger partial charge in [-0.15, -0.1) is 0 Å². The Balaban J connectivity index is 2.20. The molecule has 1 heterocycles. The molecule has 1 fully saturated rings. The van der Waals surface area contributed by atoms with Crippen molar-refractivity contribution in [1.82, 2.24) is 4.98 Å². The second-order valence-corrected chi connectivity index (χ2v) is 4.56. The Morgan fingerprint density at radius 3 is 2.89 bits per heavy atom. The van der Waals surface area contributed by atoms with Crippen molar-refractivity contribution in [3.63, 3.8) is 0 Å². The van der Waals surface area contributed by atoms with Crippen LogP contribution < -0.4 is 5.32 Å². The van der Waals surface area contributed by atoms with Crippen LogP contribution in [0, 0.1) is 21.4 Å². The van der Waals surface area contributed by atoms with Gasteiger partial charge in [-0.3, -0.25) is 10.1 Å². The highest BCUT2D eigenvalue weighted by molar-refractivity contribution is 5.56. The highest BCUT2D eigenvalue weighted by Crippen LogP contribution is 2.24. The van der Waals surface area contributed by atoms with Crippen LogP contribution in [-0.2, 0) is 0 Å². The summed E-state index contributed by atoms with van der Waals surface area (Å²) in [5, 5.41) is 32.5. The second kappa shape index (κ2) is 5.63. The van der Waals surface area contributed by atoms with E-state index in [0.717, 1.165) is 25.5 Å². The van der Waals surface area contributed by atoms with Gasteiger partial charge >= 0.3 is 0 Å². The minimum absolute atomic E-state index is 0.118. The van der Waals surface area contributed by atoms with Gasteiger partial charge in [0, 0.05) is 6.07 Å². The molecule has 0 amide bonds. The molecular formula is C12H14N4O3. The van der Waals surface area contributed by atoms with Crippen LogP contribution in [-0.4, -0.2) is 27.2 Å². The smallest absolute Gasteiger partial charge is 0.289 e. The van der Waals surface area contributed by atoms with Crippen LogP contribution in [0.3, 0.4) is 0 Å². The molecule has 0 bridgehead atoms. The van der Waals surface area contributed by atoms with Crippen LogP contribution in [0.15, 0.2) is 12.3 Å². The van der Waals surface area contributed by atoms with Crippen LogP contribution >= 0.6 is 0 Å². The van der Waals surface area contributed by atoms with Gasteiger partial charge in [0.2, 0.25) is 0 Å². The van der Waals surface area contributed by atoms with E-state index in [1.165, 1.54) is 6.07 Å². The number of aliphatic hydroxyl groups excluding tert-OH is 1. The van der Waals surface area contributed by atoms with E-state index in [1.54, 1.807) is 0 Å². The van der Waals surface area contributed by atoms with Gasteiger partial charge in [-0.2, -0.15) is 5.26 Å². The molecule has 1 aromatic heterocycles. The lowest BCUT2D eigenvalue weighted by Crippen LogP contribution is -2.36. The molecule has 19 heavy (non-hydrogen) atoms. The molecule has 0 radical (unpaired) electrons. The first-order valence-electron chi connectivity index (χ1n) is 6.11. The summed E-state index contributed by atoms with van der Waals surface area (Å²) in [5.74, 6) is 0.291. The summed E-state index contributed by atoms with van der Waals surface area (Å²) >= 11 is 0. The minimum atomic E-state index is -0.590. The maximum Gasteiger partial charge on any atom is 0.289 e. The maximum atomic E-state index is 10.6. The molecule has 100 valence electrons. The van der Waals surface area contributed by atoms with E-state index in [2.05, 4.69) is 10.3 Å². The molecule has 1 aliphatic rings. The first kappa shape index (κ1) is 13.2. The van der Waals surface area contributed by atoms with Crippen LogP contribution in [0.1, 0.15) is 31.2 Å². The summed E-state index contributed by atoms with van der Waals surface area (Å²) in [6.07, 6.45) is 4.13. The first-order chi connectivity index (χ1) is 9.11. The molecule has 1 saturated carbocycles. The number of nitrogens with zero attached hydrogens (tertiary/aromatic N) is 3. The molecular weight excluding hydrogens is 248 g/mol. The summed E-state index contributed by atoms with van der Waals surface area (Å²) < 4.78 is 0. The van der Waals surface area contributed by atoms with Gasteiger partial charge in [-0.1, -0.05) is 12.8 Å². The van der Waals surface area contributed by atoms with Crippen LogP contribution in [0.25, 0.3) is 0 Å². The van der Waals surface area contributed by atoms with Crippen molar-refractivity contribution in [3.05, 3.63) is 27.9 Å². The van der Waals surface area contributed by atoms with Crippen molar-refractivity contribution < 1.29 is 10.0 Å². The average molecular weight is 262 g/mol. The number of hydrogen-bond acceptors (Lipinski definition) is 6. The fourth-order valence-corrected chi connectivity index (χ4v) is 2.21. The molecule has 0 saturated heterocycles. The largest absolute Gasteiger partial charge is 0.391 e. The lowest BCUT2D eigenvalue weighted by Gasteiger charge is -2.28. The Hall–Kier alpha value is -2.20. The van der Waals surface area contributed by atoms with Crippen LogP contribution in [0.4, 0.5) is 11.5 Å². The predicted molar refractivity (Wildman–Crippen MR) is 67.5 cm³/mol. The molecule has 0 aromatic carbocycles. The SMILES string of the molecule is N#Cc1cc([N+](=O)[O-])cnc1NC1CCCCC1O. The standard InChI is InChI=1S/C12H14N4O3/c13-6-8-5-9(16(18)19)7-14-12(8)15-10-3-1-2-4-11(10)17/h5,7,10-11,17H,1-4H2,(H,14,15). The zero-order valence-electron chi connectivity index (χ0n) is 10.2. The quantitative estimate of drug-likeness (QED) is 0.631. The van der Waals surface area contributed by atoms with E-state index < -0.39 is 11.0 Å². The molecule has 0 aliphatic heterocycles. The van der Waals surface area contributed by atoms with Gasteiger partial charge < -0.3 is 10.4 Å². The fraction of sp³-hybridized carbons (Fsp3) is 0.500. The number of anilines is 1. The number of aromatic nitrogens is 1. The number of hydrogen-bond donors (Lipinski definition) is 2. The van der Waals surface area contributed by atoms with Crippen molar-refractivity contribution in [2.24, 2.45) is 0 Å². The Labute approximate surface area is 110 Å². The second-order valence-electron chi connectivity index (χ2n) is 4.56. The van der Waals surface area contributed by atoms with Gasteiger partial charge in [-0.25, -0.2) is 4.98 Å². The summed E-state index contributed by atoms with van der Waals surface area (Å²) in [6, 6.07) is 2.91. The topological polar surface area (TPSA) is 112 Å². The number of nitro groups is 1. The van der Waals surface area contributed by atoms with Gasteiger partial charge in [0.25, 0.3) is 5.69 Å². The van der Waals surface area contributed by atoms with E-state index in [1.807, 2.05) is 6.07 Å². The lowest BCUT2D eigenvalue weighted by atomic mass is 9.92. The van der Waals surface area contributed by atoms with Crippen molar-refractivity contribution >= 4 is 11.5 Å². The highest BCUT2D eigenvalue weighted by atomic mass is 16.6. The van der Waals surface area contributed by atoms with Crippen molar-refractivity contribution in [2.75, 3.05) is 5.32 Å². The summed E-state index contributed by atoms with van der Waals surface area (Å²) in [4.78, 5) is 13.9. The molecule has 1 aromatic rings. The fourth-order valence-electron chi connectivity index (χ4n) is 2.21. The van der Waals surface area contributed by atoms with Crippen molar-refractivity contribution in [3.8, 4) is 6.07 Å². The Bertz CT molecular complexity index is 526. The van der Waals surface area contributed by atoms with Crippen LogP contribution in [0.2, 0.25) is 0 Å². The Kier molecular flexibility index (Phi) is 3.92. The highest BCUT2D eigenvalue weighted by Gasteiger charge is 2.24. The number of nitriles is 1. The first-order valence-corrected chi connectivity index (χ1v) is 6.11. The van der Waals surface area contributed by atoms with Crippen molar-refractivity contribution in [1.29, 1.82) is 5.26 Å². The third-order valence-corrected chi connectivity index (χ3v) is 3.26. The Morgan fingerprint density at radius 2 is 2.26 bits per heavy atom. The van der Waals surface area contributed by atoms with Gasteiger partial charge in [-0.05, 0) is 12.8 Å². The maximum absolute atomic E-state index is 10.6. The monoisotopic (exact) mass is 262 g/mol. The molecule has 2 N–H and O–H groups in total. The van der Waals surface area contributed by atoms with Crippen molar-refractivity contribution in [2.45, 2.75) is 37.8 Å². The Morgan fingerprint density at radius 1 is 1.53 bits per heavy atom. The molecule has 0 spiro atoms. The lowest BCUT2D eigenvalue weighted by molar-refractivity contribution is -0.385. The summed E-state index contributed by atoms with van der Waals surface area (Å²) in [6.45, 7) is 0. The molecule has 2 unspecified atom stereocenters. The zero-order chi connectivity index (χ0) is 13.8. The van der Waals surface area contributed by atoms with E-state index in [0.29, 0.717) is 12.2 Å². The molecule has 1 aliphatic carbocycles. The molecule has 7 heteroatoms. The van der Waals surface area contributed by atoms with E-state index in [4.69, 9.17) is 5.26 Å². The van der Waals surface area contributed by atoms with E-state index in [9.17, 15) is 15.2 Å². The third kappa shape index (κ3) is 2.98. The van der Waals surface area contributed by atoms with Gasteiger partial charge in [0.05, 0.1) is 17.1 Å². The number of rotatable bonds is 3. The minimum Gasteiger partial charge on any atom is -0.391 e. The molecule has 2 rings (SSSR count). The average Bonchev–Trinajstić information content (AvgIpc) is 2.41. The summed E-state index contributed by atoms with van der Waals surface area (Å²) in [5.41, 5.74) is -0.0988. The van der Waals surface area contributed by atoms with Gasteiger partial charge in [0.15, 0.2) is 0 Å². The normalized spacial score (nSPS) is 22.5. The third-order valence-electron chi connectivity index (χ3n) is 3.26. The predicted octanol–water partition coefficient (Wildman–Crippen LogP) is 1.58. The zero-order valence-corrected chi connectivity index (χ0v) is 10.2. The summed E-state index contributed by atoms with van der Waals surface area (Å²) in [7, 11) is 0. The van der Waals surface area contributed by atoms with E-state index >= 15 is 0 Å². The van der Waals surface area contributed by atoms with E-state index in [-0.39, 0.29) is 17.3 Å². The molecule has 7 nitrogen and oxygen atoms in total. The van der Waals surface area contributed by atoms with Gasteiger partial charge in [0.1, 0.15) is 23.6 Å². The molecule has 2 atom stereocenters. The van der Waals surface area contributed by atoms with Crippen LogP contribution in [0.5, 0.6) is 0 Å². The number of aliphatic hydroxyl groups is 1.